The van der Waals surface area contributed by atoms with E-state index >= 15 is 0 Å². The van der Waals surface area contributed by atoms with Gasteiger partial charge in [-0.3, -0.25) is 4.18 Å². The van der Waals surface area contributed by atoms with E-state index in [4.69, 9.17) is 15.8 Å². The van der Waals surface area contributed by atoms with Gasteiger partial charge in [0.1, 0.15) is 0 Å². The molecule has 1 aromatic rings. The van der Waals surface area contributed by atoms with Crippen LogP contribution in [-0.4, -0.2) is 45.3 Å². The van der Waals surface area contributed by atoms with Crippen LogP contribution in [-0.2, 0) is 14.3 Å². The molecule has 2 bridgehead atoms. The van der Waals surface area contributed by atoms with Crippen molar-refractivity contribution in [2.45, 2.75) is 18.4 Å². The van der Waals surface area contributed by atoms with Crippen molar-refractivity contribution in [2.75, 3.05) is 25.9 Å². The predicted octanol–water partition coefficient (Wildman–Crippen LogP) is 2.10. The first-order chi connectivity index (χ1) is 9.42. The maximum atomic E-state index is 11.4. The lowest BCUT2D eigenvalue weighted by molar-refractivity contribution is 0.165. The highest BCUT2D eigenvalue weighted by molar-refractivity contribution is 7.86. The van der Waals surface area contributed by atoms with Gasteiger partial charge in [-0.25, -0.2) is 0 Å². The molecular formula is C14H18ClNO3S. The normalized spacial score (nSPS) is 33.3. The van der Waals surface area contributed by atoms with Gasteiger partial charge < -0.3 is 4.90 Å². The third-order valence-electron chi connectivity index (χ3n) is 4.25. The van der Waals surface area contributed by atoms with Crippen molar-refractivity contribution < 1.29 is 12.6 Å². The molecule has 2 aliphatic heterocycles. The van der Waals surface area contributed by atoms with Crippen molar-refractivity contribution in [3.8, 4) is 0 Å². The molecule has 0 amide bonds. The van der Waals surface area contributed by atoms with Gasteiger partial charge in [0.05, 0.1) is 12.4 Å². The minimum atomic E-state index is -3.41. The Morgan fingerprint density at radius 3 is 2.60 bits per heavy atom. The van der Waals surface area contributed by atoms with Crippen LogP contribution in [0.15, 0.2) is 24.3 Å². The van der Waals surface area contributed by atoms with Crippen molar-refractivity contribution in [2.24, 2.45) is 5.92 Å². The monoisotopic (exact) mass is 315 g/mol. The van der Waals surface area contributed by atoms with Gasteiger partial charge in [-0.1, -0.05) is 23.7 Å². The van der Waals surface area contributed by atoms with E-state index in [1.54, 1.807) is 0 Å². The second-order valence-electron chi connectivity index (χ2n) is 5.71. The Bertz CT molecular complexity index is 587. The number of nitrogens with zero attached hydrogens (tertiary/aromatic N) is 1. The van der Waals surface area contributed by atoms with E-state index in [1.165, 1.54) is 5.56 Å². The lowest BCUT2D eigenvalue weighted by Gasteiger charge is -2.31. The van der Waals surface area contributed by atoms with Crippen LogP contribution in [0.5, 0.6) is 0 Å². The quantitative estimate of drug-likeness (QED) is 0.802. The summed E-state index contributed by atoms with van der Waals surface area (Å²) in [6, 6.07) is 7.87. The fourth-order valence-corrected chi connectivity index (χ4v) is 4.21. The van der Waals surface area contributed by atoms with Crippen LogP contribution in [0.4, 0.5) is 0 Å². The number of benzene rings is 1. The van der Waals surface area contributed by atoms with E-state index in [0.717, 1.165) is 30.8 Å². The summed E-state index contributed by atoms with van der Waals surface area (Å²) in [6.45, 7) is 2.61. The Labute approximate surface area is 124 Å². The topological polar surface area (TPSA) is 46.6 Å². The first-order valence-electron chi connectivity index (χ1n) is 6.78. The minimum Gasteiger partial charge on any atom is -0.300 e. The third kappa shape index (κ3) is 3.01. The maximum absolute atomic E-state index is 11.4. The molecule has 2 aliphatic rings. The van der Waals surface area contributed by atoms with Crippen LogP contribution in [0.3, 0.4) is 0 Å². The highest BCUT2D eigenvalue weighted by atomic mass is 35.5. The highest BCUT2D eigenvalue weighted by Crippen LogP contribution is 2.41. The van der Waals surface area contributed by atoms with Crippen LogP contribution in [0.25, 0.3) is 0 Å². The molecule has 110 valence electrons. The number of rotatable bonds is 3. The van der Waals surface area contributed by atoms with Crippen LogP contribution >= 0.6 is 11.6 Å². The lowest BCUT2D eigenvalue weighted by Crippen LogP contribution is -2.32. The number of hydrogen-bond acceptors (Lipinski definition) is 4. The number of fused-ring (bicyclic) bond motifs is 2. The molecule has 2 fully saturated rings. The molecule has 0 radical (unpaired) electrons. The number of hydrogen-bond donors (Lipinski definition) is 0. The predicted molar refractivity (Wildman–Crippen MR) is 78.5 cm³/mol. The van der Waals surface area contributed by atoms with Crippen molar-refractivity contribution >= 4 is 21.7 Å². The summed E-state index contributed by atoms with van der Waals surface area (Å²) >= 11 is 5.93. The zero-order valence-electron chi connectivity index (χ0n) is 11.3. The van der Waals surface area contributed by atoms with Gasteiger partial charge in [-0.2, -0.15) is 8.42 Å². The molecule has 6 heteroatoms. The lowest BCUT2D eigenvalue weighted by atomic mass is 9.81. The summed E-state index contributed by atoms with van der Waals surface area (Å²) in [5.41, 5.74) is 1.23. The summed E-state index contributed by atoms with van der Waals surface area (Å²) < 4.78 is 28.1. The van der Waals surface area contributed by atoms with Crippen molar-refractivity contribution in [3.05, 3.63) is 34.9 Å². The smallest absolute Gasteiger partial charge is 0.264 e. The highest BCUT2D eigenvalue weighted by Gasteiger charge is 2.44. The largest absolute Gasteiger partial charge is 0.300 e. The molecule has 0 spiro atoms. The van der Waals surface area contributed by atoms with Gasteiger partial charge in [0, 0.05) is 24.0 Å². The first-order valence-corrected chi connectivity index (χ1v) is 8.98. The summed E-state index contributed by atoms with van der Waals surface area (Å²) in [7, 11) is -3.41. The fraction of sp³-hybridized carbons (Fsp3) is 0.571. The van der Waals surface area contributed by atoms with E-state index < -0.39 is 10.1 Å². The van der Waals surface area contributed by atoms with Gasteiger partial charge >= 0.3 is 0 Å². The Kier molecular flexibility index (Phi) is 3.79. The third-order valence-corrected chi connectivity index (χ3v) is 5.10. The standard InChI is InChI=1S/C14H18ClNO3S/c1-20(17,18)19-14-9-16-7-6-12(13(14)8-16)10-2-4-11(15)5-3-10/h2-5,12-14H,6-9H2,1H3. The van der Waals surface area contributed by atoms with Crippen molar-refractivity contribution in [1.29, 1.82) is 0 Å². The summed E-state index contributed by atoms with van der Waals surface area (Å²) in [5, 5.41) is 0.724. The molecule has 0 N–H and O–H groups in total. The van der Waals surface area contributed by atoms with Crippen LogP contribution in [0.1, 0.15) is 17.9 Å². The average Bonchev–Trinajstić information content (AvgIpc) is 2.66. The molecule has 4 nitrogen and oxygen atoms in total. The Morgan fingerprint density at radius 2 is 1.95 bits per heavy atom. The van der Waals surface area contributed by atoms with Gasteiger partial charge in [0.2, 0.25) is 0 Å². The van der Waals surface area contributed by atoms with Gasteiger partial charge in [0.25, 0.3) is 10.1 Å². The van der Waals surface area contributed by atoms with E-state index in [1.807, 2.05) is 24.3 Å². The molecule has 20 heavy (non-hydrogen) atoms. The molecule has 0 saturated carbocycles. The maximum Gasteiger partial charge on any atom is 0.264 e. The summed E-state index contributed by atoms with van der Waals surface area (Å²) in [5.74, 6) is 0.581. The fourth-order valence-electron chi connectivity index (χ4n) is 3.43. The SMILES string of the molecule is CS(=O)(=O)OC1CN2CCC(c3ccc(Cl)cc3)C1C2. The van der Waals surface area contributed by atoms with E-state index in [0.29, 0.717) is 12.5 Å². The zero-order valence-corrected chi connectivity index (χ0v) is 12.9. The molecule has 2 heterocycles. The Hall–Kier alpha value is -0.620. The van der Waals surface area contributed by atoms with Crippen LogP contribution in [0, 0.1) is 5.92 Å². The molecule has 4 atom stereocenters. The molecule has 4 unspecified atom stereocenters. The number of halogens is 1. The second kappa shape index (κ2) is 5.30. The minimum absolute atomic E-state index is 0.229. The number of piperidine rings is 1. The van der Waals surface area contributed by atoms with Gasteiger partial charge in [-0.05, 0) is 36.6 Å². The van der Waals surface area contributed by atoms with Gasteiger partial charge in [-0.15, -0.1) is 0 Å². The average molecular weight is 316 g/mol. The second-order valence-corrected chi connectivity index (χ2v) is 7.75. The van der Waals surface area contributed by atoms with E-state index in [2.05, 4.69) is 4.90 Å². The molecule has 2 saturated heterocycles. The van der Waals surface area contributed by atoms with Crippen LogP contribution < -0.4 is 0 Å². The van der Waals surface area contributed by atoms with E-state index in [9.17, 15) is 8.42 Å². The molecule has 1 aromatic carbocycles. The summed E-state index contributed by atoms with van der Waals surface area (Å²) in [6.07, 6.45) is 1.94. The van der Waals surface area contributed by atoms with Gasteiger partial charge in [0.15, 0.2) is 0 Å². The first kappa shape index (κ1) is 14.3. The molecule has 3 rings (SSSR count). The van der Waals surface area contributed by atoms with Crippen molar-refractivity contribution in [3.63, 3.8) is 0 Å². The Balaban J connectivity index is 1.83. The van der Waals surface area contributed by atoms with Crippen LogP contribution in [0.2, 0.25) is 5.02 Å². The Morgan fingerprint density at radius 1 is 1.25 bits per heavy atom. The van der Waals surface area contributed by atoms with E-state index in [-0.39, 0.29) is 12.0 Å². The zero-order chi connectivity index (χ0) is 14.3. The molecular weight excluding hydrogens is 298 g/mol. The summed E-state index contributed by atoms with van der Waals surface area (Å²) in [4.78, 5) is 2.28. The van der Waals surface area contributed by atoms with Crippen molar-refractivity contribution in [1.82, 2.24) is 4.90 Å². The molecule has 0 aliphatic carbocycles. The molecule has 0 aromatic heterocycles.